The number of primary sulfonamides is 1. The van der Waals surface area contributed by atoms with Crippen molar-refractivity contribution in [2.75, 3.05) is 18.4 Å². The first-order valence-electron chi connectivity index (χ1n) is 7.22. The van der Waals surface area contributed by atoms with Crippen LogP contribution >= 0.6 is 0 Å². The predicted molar refractivity (Wildman–Crippen MR) is 89.4 cm³/mol. The fourth-order valence-electron chi connectivity index (χ4n) is 2.02. The second-order valence-electron chi connectivity index (χ2n) is 5.17. The zero-order valence-corrected chi connectivity index (χ0v) is 13.6. The summed E-state index contributed by atoms with van der Waals surface area (Å²) in [4.78, 5) is 11.8. The molecule has 0 bridgehead atoms. The highest BCUT2D eigenvalue weighted by atomic mass is 32.2. The van der Waals surface area contributed by atoms with Gasteiger partial charge in [-0.25, -0.2) is 17.9 Å². The number of benzene rings is 2. The molecule has 0 aliphatic heterocycles. The summed E-state index contributed by atoms with van der Waals surface area (Å²) >= 11 is 0. The van der Waals surface area contributed by atoms with E-state index in [2.05, 4.69) is 10.6 Å². The summed E-state index contributed by atoms with van der Waals surface area (Å²) in [5.74, 6) is -0.531. The Morgan fingerprint density at radius 1 is 1.04 bits per heavy atom. The molecule has 8 heteroatoms. The molecule has 0 atom stereocenters. The Morgan fingerprint density at radius 2 is 1.67 bits per heavy atom. The van der Waals surface area contributed by atoms with E-state index in [-0.39, 0.29) is 23.2 Å². The first kappa shape index (κ1) is 18.1. The summed E-state index contributed by atoms with van der Waals surface area (Å²) in [5.41, 5.74) is 1.45. The van der Waals surface area contributed by atoms with Gasteiger partial charge in [-0.05, 0) is 54.9 Å². The first-order chi connectivity index (χ1) is 11.3. The fourth-order valence-corrected chi connectivity index (χ4v) is 2.53. The fraction of sp³-hybridized carbons (Fsp3) is 0.188. The summed E-state index contributed by atoms with van der Waals surface area (Å²) in [6.45, 7) is 0.682. The minimum absolute atomic E-state index is 0.0158. The van der Waals surface area contributed by atoms with Gasteiger partial charge >= 0.3 is 0 Å². The quantitative estimate of drug-likeness (QED) is 0.653. The third-order valence-corrected chi connectivity index (χ3v) is 4.19. The van der Waals surface area contributed by atoms with Crippen molar-refractivity contribution in [2.24, 2.45) is 5.14 Å². The number of amides is 1. The highest BCUT2D eigenvalue weighted by Crippen LogP contribution is 2.12. The molecule has 2 aromatic carbocycles. The molecular formula is C16H18FN3O3S. The van der Waals surface area contributed by atoms with Crippen LogP contribution in [0, 0.1) is 5.82 Å². The molecule has 128 valence electrons. The molecule has 24 heavy (non-hydrogen) atoms. The highest BCUT2D eigenvalue weighted by molar-refractivity contribution is 7.89. The number of rotatable bonds is 7. The van der Waals surface area contributed by atoms with E-state index in [1.165, 1.54) is 36.4 Å². The molecule has 2 rings (SSSR count). The van der Waals surface area contributed by atoms with Crippen molar-refractivity contribution in [3.63, 3.8) is 0 Å². The van der Waals surface area contributed by atoms with Gasteiger partial charge in [-0.15, -0.1) is 0 Å². The molecule has 0 aliphatic carbocycles. The van der Waals surface area contributed by atoms with Gasteiger partial charge in [0, 0.05) is 5.69 Å². The Hall–Kier alpha value is -2.29. The smallest absolute Gasteiger partial charge is 0.238 e. The van der Waals surface area contributed by atoms with E-state index in [0.717, 1.165) is 5.56 Å². The van der Waals surface area contributed by atoms with Crippen molar-refractivity contribution < 1.29 is 17.6 Å². The third kappa shape index (κ3) is 5.73. The molecule has 2 aromatic rings. The van der Waals surface area contributed by atoms with Crippen molar-refractivity contribution in [1.82, 2.24) is 5.32 Å². The van der Waals surface area contributed by atoms with Gasteiger partial charge in [-0.2, -0.15) is 0 Å². The Balaban J connectivity index is 1.74. The molecule has 4 N–H and O–H groups in total. The van der Waals surface area contributed by atoms with Crippen LogP contribution in [0.2, 0.25) is 0 Å². The molecule has 0 saturated heterocycles. The number of hydrogen-bond donors (Lipinski definition) is 3. The summed E-state index contributed by atoms with van der Waals surface area (Å²) in [6.07, 6.45) is 0.677. The molecule has 0 radical (unpaired) electrons. The van der Waals surface area contributed by atoms with Crippen LogP contribution in [-0.2, 0) is 21.2 Å². The molecule has 0 aliphatic rings. The summed E-state index contributed by atoms with van der Waals surface area (Å²) < 4.78 is 35.0. The molecule has 0 fully saturated rings. The van der Waals surface area contributed by atoms with E-state index in [1.807, 2.05) is 0 Å². The van der Waals surface area contributed by atoms with Gasteiger partial charge in [0.25, 0.3) is 0 Å². The molecule has 6 nitrogen and oxygen atoms in total. The predicted octanol–water partition coefficient (Wildman–Crippen LogP) is 1.24. The van der Waals surface area contributed by atoms with Crippen LogP contribution < -0.4 is 15.8 Å². The minimum atomic E-state index is -3.74. The van der Waals surface area contributed by atoms with E-state index in [1.54, 1.807) is 12.1 Å². The summed E-state index contributed by atoms with van der Waals surface area (Å²) in [6, 6.07) is 11.8. The van der Waals surface area contributed by atoms with Crippen LogP contribution in [0.15, 0.2) is 53.4 Å². The van der Waals surface area contributed by atoms with Gasteiger partial charge in [0.2, 0.25) is 15.9 Å². The van der Waals surface area contributed by atoms with E-state index in [4.69, 9.17) is 5.14 Å². The number of carbonyl (C=O) groups is 1. The Bertz CT molecular complexity index is 790. The first-order valence-corrected chi connectivity index (χ1v) is 8.77. The van der Waals surface area contributed by atoms with Crippen molar-refractivity contribution in [1.29, 1.82) is 0 Å². The molecule has 0 unspecified atom stereocenters. The monoisotopic (exact) mass is 351 g/mol. The number of nitrogens with one attached hydrogen (secondary N) is 2. The lowest BCUT2D eigenvalue weighted by molar-refractivity contribution is -0.115. The highest BCUT2D eigenvalue weighted by Gasteiger charge is 2.08. The molecule has 0 saturated carbocycles. The second-order valence-corrected chi connectivity index (χ2v) is 6.73. The van der Waals surface area contributed by atoms with E-state index < -0.39 is 10.0 Å². The number of sulfonamides is 1. The van der Waals surface area contributed by atoms with Crippen molar-refractivity contribution in [3.8, 4) is 0 Å². The Morgan fingerprint density at radius 3 is 2.25 bits per heavy atom. The molecule has 1 amide bonds. The lowest BCUT2D eigenvalue weighted by Crippen LogP contribution is -2.29. The van der Waals surface area contributed by atoms with Crippen LogP contribution in [0.1, 0.15) is 5.56 Å². The summed E-state index contributed by atoms with van der Waals surface area (Å²) in [7, 11) is -3.74. The molecule has 0 spiro atoms. The number of anilines is 1. The SMILES string of the molecule is NS(=O)(=O)c1ccc(NC(=O)CNCCc2ccc(F)cc2)cc1. The average molecular weight is 351 g/mol. The number of halogens is 1. The van der Waals surface area contributed by atoms with Crippen LogP contribution in [-0.4, -0.2) is 27.4 Å². The van der Waals surface area contributed by atoms with E-state index in [9.17, 15) is 17.6 Å². The maximum Gasteiger partial charge on any atom is 0.238 e. The minimum Gasteiger partial charge on any atom is -0.325 e. The van der Waals surface area contributed by atoms with Gasteiger partial charge in [0.1, 0.15) is 5.82 Å². The molecule has 0 heterocycles. The lowest BCUT2D eigenvalue weighted by Gasteiger charge is -2.07. The van der Waals surface area contributed by atoms with E-state index in [0.29, 0.717) is 18.7 Å². The normalized spacial score (nSPS) is 11.2. The molecule has 0 aromatic heterocycles. The van der Waals surface area contributed by atoms with Gasteiger partial charge in [-0.3, -0.25) is 4.79 Å². The maximum atomic E-state index is 12.8. The zero-order chi connectivity index (χ0) is 17.6. The van der Waals surface area contributed by atoms with Crippen LogP contribution in [0.3, 0.4) is 0 Å². The second kappa shape index (κ2) is 8.00. The van der Waals surface area contributed by atoms with Crippen molar-refractivity contribution in [2.45, 2.75) is 11.3 Å². The Kier molecular flexibility index (Phi) is 6.02. The van der Waals surface area contributed by atoms with E-state index >= 15 is 0 Å². The number of nitrogens with two attached hydrogens (primary N) is 1. The number of carbonyl (C=O) groups excluding carboxylic acids is 1. The third-order valence-electron chi connectivity index (χ3n) is 3.26. The van der Waals surface area contributed by atoms with Gasteiger partial charge in [-0.1, -0.05) is 12.1 Å². The van der Waals surface area contributed by atoms with Gasteiger partial charge in [0.15, 0.2) is 0 Å². The Labute approximate surface area is 139 Å². The topological polar surface area (TPSA) is 101 Å². The zero-order valence-electron chi connectivity index (χ0n) is 12.8. The van der Waals surface area contributed by atoms with Gasteiger partial charge in [0.05, 0.1) is 11.4 Å². The molecular weight excluding hydrogens is 333 g/mol. The maximum absolute atomic E-state index is 12.8. The number of hydrogen-bond acceptors (Lipinski definition) is 4. The van der Waals surface area contributed by atoms with Crippen LogP contribution in [0.25, 0.3) is 0 Å². The van der Waals surface area contributed by atoms with Crippen molar-refractivity contribution >= 4 is 21.6 Å². The lowest BCUT2D eigenvalue weighted by atomic mass is 10.1. The largest absolute Gasteiger partial charge is 0.325 e. The van der Waals surface area contributed by atoms with Crippen LogP contribution in [0.5, 0.6) is 0 Å². The van der Waals surface area contributed by atoms with Gasteiger partial charge < -0.3 is 10.6 Å². The van der Waals surface area contributed by atoms with Crippen molar-refractivity contribution in [3.05, 3.63) is 59.9 Å². The average Bonchev–Trinajstić information content (AvgIpc) is 2.53. The standard InChI is InChI=1S/C16H18FN3O3S/c17-13-3-1-12(2-4-13)9-10-19-11-16(21)20-14-5-7-15(8-6-14)24(18,22)23/h1-8,19H,9-11H2,(H,20,21)(H2,18,22,23). The van der Waals surface area contributed by atoms with Crippen LogP contribution in [0.4, 0.5) is 10.1 Å². The summed E-state index contributed by atoms with van der Waals surface area (Å²) in [5, 5.41) is 10.6.